The smallest absolute Gasteiger partial charge is 0.252 e. The minimum Gasteiger partial charge on any atom is -0.352 e. The SMILES string of the molecule is Cc1ccccc1CN1CC[C@H](CNC(=O)c2ccncc2Cl)C1. The minimum absolute atomic E-state index is 0.125. The Morgan fingerprint density at radius 1 is 1.38 bits per heavy atom. The van der Waals surface area contributed by atoms with E-state index in [1.54, 1.807) is 12.3 Å². The van der Waals surface area contributed by atoms with Gasteiger partial charge in [0.05, 0.1) is 10.6 Å². The highest BCUT2D eigenvalue weighted by atomic mass is 35.5. The van der Waals surface area contributed by atoms with E-state index in [0.717, 1.165) is 26.1 Å². The van der Waals surface area contributed by atoms with Gasteiger partial charge < -0.3 is 5.32 Å². The van der Waals surface area contributed by atoms with Gasteiger partial charge in [-0.25, -0.2) is 0 Å². The third-order valence-corrected chi connectivity index (χ3v) is 4.89. The topological polar surface area (TPSA) is 45.2 Å². The first-order valence-corrected chi connectivity index (χ1v) is 8.66. The van der Waals surface area contributed by atoms with Gasteiger partial charge in [-0.05, 0) is 43.0 Å². The van der Waals surface area contributed by atoms with Crippen molar-refractivity contribution in [2.75, 3.05) is 19.6 Å². The molecule has 2 aromatic rings. The van der Waals surface area contributed by atoms with E-state index in [1.807, 2.05) is 0 Å². The summed E-state index contributed by atoms with van der Waals surface area (Å²) in [6.45, 7) is 5.90. The highest BCUT2D eigenvalue weighted by Crippen LogP contribution is 2.20. The van der Waals surface area contributed by atoms with Crippen LogP contribution in [0.25, 0.3) is 0 Å². The van der Waals surface area contributed by atoms with Crippen LogP contribution in [-0.4, -0.2) is 35.4 Å². The molecule has 2 heterocycles. The van der Waals surface area contributed by atoms with Gasteiger partial charge in [-0.3, -0.25) is 14.7 Å². The van der Waals surface area contributed by atoms with Crippen LogP contribution in [0.2, 0.25) is 5.02 Å². The minimum atomic E-state index is -0.125. The molecule has 1 aliphatic rings. The summed E-state index contributed by atoms with van der Waals surface area (Å²) in [4.78, 5) is 18.6. The molecule has 0 saturated carbocycles. The maximum Gasteiger partial charge on any atom is 0.252 e. The Morgan fingerprint density at radius 2 is 2.21 bits per heavy atom. The lowest BCUT2D eigenvalue weighted by molar-refractivity contribution is 0.0947. The predicted molar refractivity (Wildman–Crippen MR) is 96.1 cm³/mol. The number of hydrogen-bond acceptors (Lipinski definition) is 3. The summed E-state index contributed by atoms with van der Waals surface area (Å²) in [7, 11) is 0. The van der Waals surface area contributed by atoms with Crippen molar-refractivity contribution in [3.05, 3.63) is 64.4 Å². The molecule has 0 aliphatic carbocycles. The number of hydrogen-bond donors (Lipinski definition) is 1. The van der Waals surface area contributed by atoms with Crippen LogP contribution in [0.1, 0.15) is 27.9 Å². The fourth-order valence-electron chi connectivity index (χ4n) is 3.14. The lowest BCUT2D eigenvalue weighted by Gasteiger charge is -2.17. The monoisotopic (exact) mass is 343 g/mol. The van der Waals surface area contributed by atoms with Crippen LogP contribution in [-0.2, 0) is 6.54 Å². The molecule has 0 bridgehead atoms. The fraction of sp³-hybridized carbons (Fsp3) is 0.368. The van der Waals surface area contributed by atoms with Gasteiger partial charge in [0.25, 0.3) is 5.91 Å². The molecule has 3 rings (SSSR count). The first-order valence-electron chi connectivity index (χ1n) is 8.28. The standard InChI is InChI=1S/C19H22ClN3O/c1-14-4-2-3-5-16(14)13-23-9-7-15(12-23)10-22-19(24)17-6-8-21-11-18(17)20/h2-6,8,11,15H,7,9-10,12-13H2,1H3,(H,22,24)/t15-/m1/s1. The third-order valence-electron chi connectivity index (χ3n) is 4.59. The third kappa shape index (κ3) is 4.13. The number of carbonyl (C=O) groups excluding carboxylic acids is 1. The second kappa shape index (κ2) is 7.77. The van der Waals surface area contributed by atoms with Crippen molar-refractivity contribution < 1.29 is 4.79 Å². The Hall–Kier alpha value is -1.91. The fourth-order valence-corrected chi connectivity index (χ4v) is 3.35. The molecule has 1 aliphatic heterocycles. The number of rotatable bonds is 5. The summed E-state index contributed by atoms with van der Waals surface area (Å²) in [5, 5.41) is 3.39. The van der Waals surface area contributed by atoms with Crippen LogP contribution >= 0.6 is 11.6 Å². The van der Waals surface area contributed by atoms with E-state index in [-0.39, 0.29) is 5.91 Å². The number of halogens is 1. The van der Waals surface area contributed by atoms with E-state index in [4.69, 9.17) is 11.6 Å². The second-order valence-electron chi connectivity index (χ2n) is 6.38. The van der Waals surface area contributed by atoms with Crippen LogP contribution in [0.15, 0.2) is 42.7 Å². The van der Waals surface area contributed by atoms with Gasteiger partial charge in [-0.15, -0.1) is 0 Å². The number of pyridine rings is 1. The quantitative estimate of drug-likeness (QED) is 0.906. The van der Waals surface area contributed by atoms with E-state index in [9.17, 15) is 4.79 Å². The molecule has 1 aromatic heterocycles. The molecule has 1 aromatic carbocycles. The largest absolute Gasteiger partial charge is 0.352 e. The molecular weight excluding hydrogens is 322 g/mol. The zero-order valence-electron chi connectivity index (χ0n) is 13.8. The summed E-state index contributed by atoms with van der Waals surface area (Å²) < 4.78 is 0. The number of nitrogens with zero attached hydrogens (tertiary/aromatic N) is 2. The molecule has 1 atom stereocenters. The van der Waals surface area contributed by atoms with Crippen molar-refractivity contribution in [3.63, 3.8) is 0 Å². The normalized spacial score (nSPS) is 17.8. The lowest BCUT2D eigenvalue weighted by atomic mass is 10.1. The number of amides is 1. The molecule has 1 amide bonds. The van der Waals surface area contributed by atoms with E-state index in [2.05, 4.69) is 46.4 Å². The number of carbonyl (C=O) groups is 1. The Kier molecular flexibility index (Phi) is 5.48. The Labute approximate surface area is 147 Å². The van der Waals surface area contributed by atoms with E-state index >= 15 is 0 Å². The van der Waals surface area contributed by atoms with Gasteiger partial charge in [-0.1, -0.05) is 35.9 Å². The summed E-state index contributed by atoms with van der Waals surface area (Å²) in [5.74, 6) is 0.360. The molecule has 126 valence electrons. The zero-order chi connectivity index (χ0) is 16.9. The average molecular weight is 344 g/mol. The Bertz CT molecular complexity index is 719. The molecule has 0 radical (unpaired) electrons. The van der Waals surface area contributed by atoms with Gasteiger partial charge >= 0.3 is 0 Å². The Balaban J connectivity index is 1.49. The van der Waals surface area contributed by atoms with Crippen LogP contribution in [0.5, 0.6) is 0 Å². The highest BCUT2D eigenvalue weighted by Gasteiger charge is 2.23. The number of nitrogens with one attached hydrogen (secondary N) is 1. The van der Waals surface area contributed by atoms with Crippen LogP contribution < -0.4 is 5.32 Å². The van der Waals surface area contributed by atoms with Crippen molar-refractivity contribution >= 4 is 17.5 Å². The molecule has 0 unspecified atom stereocenters. The summed E-state index contributed by atoms with van der Waals surface area (Å²) in [6, 6.07) is 10.2. The van der Waals surface area contributed by atoms with E-state index in [0.29, 0.717) is 23.0 Å². The molecule has 5 heteroatoms. The molecule has 1 N–H and O–H groups in total. The van der Waals surface area contributed by atoms with E-state index < -0.39 is 0 Å². The number of aromatic nitrogens is 1. The summed E-state index contributed by atoms with van der Waals surface area (Å²) >= 11 is 6.01. The molecule has 24 heavy (non-hydrogen) atoms. The molecule has 1 saturated heterocycles. The van der Waals surface area contributed by atoms with Gasteiger partial charge in [0.2, 0.25) is 0 Å². The molecule has 1 fully saturated rings. The lowest BCUT2D eigenvalue weighted by Crippen LogP contribution is -2.31. The van der Waals surface area contributed by atoms with Gasteiger partial charge in [0.15, 0.2) is 0 Å². The van der Waals surface area contributed by atoms with Gasteiger partial charge in [0, 0.05) is 32.0 Å². The van der Waals surface area contributed by atoms with Gasteiger partial charge in [0.1, 0.15) is 0 Å². The van der Waals surface area contributed by atoms with Crippen molar-refractivity contribution in [1.29, 1.82) is 0 Å². The average Bonchev–Trinajstić information content (AvgIpc) is 3.03. The first-order chi connectivity index (χ1) is 11.6. The van der Waals surface area contributed by atoms with Crippen LogP contribution in [0.4, 0.5) is 0 Å². The van der Waals surface area contributed by atoms with E-state index in [1.165, 1.54) is 17.3 Å². The Morgan fingerprint density at radius 3 is 3.00 bits per heavy atom. The number of likely N-dealkylation sites (tertiary alicyclic amines) is 1. The van der Waals surface area contributed by atoms with Crippen molar-refractivity contribution in [3.8, 4) is 0 Å². The van der Waals surface area contributed by atoms with Crippen molar-refractivity contribution in [1.82, 2.24) is 15.2 Å². The van der Waals surface area contributed by atoms with Crippen LogP contribution in [0, 0.1) is 12.8 Å². The number of benzene rings is 1. The molecular formula is C19H22ClN3O. The highest BCUT2D eigenvalue weighted by molar-refractivity contribution is 6.33. The molecule has 0 spiro atoms. The van der Waals surface area contributed by atoms with Crippen molar-refractivity contribution in [2.45, 2.75) is 19.9 Å². The van der Waals surface area contributed by atoms with Gasteiger partial charge in [-0.2, -0.15) is 0 Å². The maximum atomic E-state index is 12.2. The zero-order valence-corrected chi connectivity index (χ0v) is 14.6. The summed E-state index contributed by atoms with van der Waals surface area (Å²) in [6.07, 6.45) is 4.19. The maximum absolute atomic E-state index is 12.2. The summed E-state index contributed by atoms with van der Waals surface area (Å²) in [5.41, 5.74) is 3.20. The van der Waals surface area contributed by atoms with Crippen molar-refractivity contribution in [2.24, 2.45) is 5.92 Å². The van der Waals surface area contributed by atoms with Crippen LogP contribution in [0.3, 0.4) is 0 Å². The first kappa shape index (κ1) is 16.9. The number of aryl methyl sites for hydroxylation is 1. The predicted octanol–water partition coefficient (Wildman–Crippen LogP) is 3.30. The second-order valence-corrected chi connectivity index (χ2v) is 6.79. The molecule has 4 nitrogen and oxygen atoms in total.